The molecule has 0 unspecified atom stereocenters. The van der Waals surface area contributed by atoms with Crippen molar-refractivity contribution in [1.82, 2.24) is 9.55 Å². The lowest BCUT2D eigenvalue weighted by Crippen LogP contribution is -2.24. The molecule has 42 heavy (non-hydrogen) atoms. The molecule has 0 saturated carbocycles. The summed E-state index contributed by atoms with van der Waals surface area (Å²) in [4.78, 5) is 9.27. The van der Waals surface area contributed by atoms with E-state index < -0.39 is 0 Å². The lowest BCUT2D eigenvalue weighted by atomic mass is 9.88. The number of aromatic nitrogens is 2. The third-order valence-electron chi connectivity index (χ3n) is 7.97. The Hall–Kier alpha value is -5.03. The summed E-state index contributed by atoms with van der Waals surface area (Å²) in [6, 6.07) is 36.0. The van der Waals surface area contributed by atoms with Crippen LogP contribution in [-0.2, 0) is 5.41 Å². The number of pyridine rings is 1. The number of para-hydroxylation sites is 1. The van der Waals surface area contributed by atoms with Gasteiger partial charge in [-0.15, -0.1) is 0 Å². The van der Waals surface area contributed by atoms with E-state index in [9.17, 15) is 0 Å². The summed E-state index contributed by atoms with van der Waals surface area (Å²) in [7, 11) is 0. The number of aryl methyl sites for hydroxylation is 1. The first-order chi connectivity index (χ1) is 20.3. The molecule has 3 heterocycles. The standard InChI is InChI=1S/C37H34N4O/c1-26-12-14-28(15-13-26)39-20-21-40(25-39)29-8-7-9-30(23-29)42-31-16-17-33-32-10-5-6-11-34(32)41(35(33)24-31)36-22-27(18-19-38-36)37(2,3)4/h5-24H,25H2,1-4H3. The van der Waals surface area contributed by atoms with Crippen molar-refractivity contribution in [2.24, 2.45) is 0 Å². The molecular weight excluding hydrogens is 516 g/mol. The Morgan fingerprint density at radius 2 is 1.40 bits per heavy atom. The van der Waals surface area contributed by atoms with E-state index in [1.165, 1.54) is 27.6 Å². The van der Waals surface area contributed by atoms with Crippen LogP contribution in [0.2, 0.25) is 0 Å². The predicted octanol–water partition coefficient (Wildman–Crippen LogP) is 9.33. The molecule has 0 fully saturated rings. The van der Waals surface area contributed by atoms with E-state index in [1.54, 1.807) is 0 Å². The first-order valence-electron chi connectivity index (χ1n) is 14.4. The maximum atomic E-state index is 6.48. The quantitative estimate of drug-likeness (QED) is 0.214. The smallest absolute Gasteiger partial charge is 0.137 e. The number of nitrogens with zero attached hydrogens (tertiary/aromatic N) is 4. The largest absolute Gasteiger partial charge is 0.457 e. The van der Waals surface area contributed by atoms with Crippen LogP contribution >= 0.6 is 0 Å². The molecule has 0 aliphatic carbocycles. The van der Waals surface area contributed by atoms with Gasteiger partial charge in [-0.25, -0.2) is 4.98 Å². The average Bonchev–Trinajstić information content (AvgIpc) is 3.61. The third-order valence-corrected chi connectivity index (χ3v) is 7.97. The summed E-state index contributed by atoms with van der Waals surface area (Å²) in [5, 5.41) is 2.37. The molecule has 0 spiro atoms. The van der Waals surface area contributed by atoms with Gasteiger partial charge in [0.15, 0.2) is 0 Å². The summed E-state index contributed by atoms with van der Waals surface area (Å²) < 4.78 is 8.73. The van der Waals surface area contributed by atoms with Crippen LogP contribution in [-0.4, -0.2) is 16.2 Å². The van der Waals surface area contributed by atoms with Crippen molar-refractivity contribution in [3.05, 3.63) is 133 Å². The van der Waals surface area contributed by atoms with Gasteiger partial charge in [-0.2, -0.15) is 0 Å². The van der Waals surface area contributed by atoms with E-state index in [2.05, 4.69) is 145 Å². The fourth-order valence-electron chi connectivity index (χ4n) is 5.62. The lowest BCUT2D eigenvalue weighted by Gasteiger charge is -2.22. The highest BCUT2D eigenvalue weighted by Crippen LogP contribution is 2.36. The first kappa shape index (κ1) is 25.9. The zero-order valence-corrected chi connectivity index (χ0v) is 24.5. The first-order valence-corrected chi connectivity index (χ1v) is 14.4. The number of anilines is 2. The Morgan fingerprint density at radius 1 is 0.667 bits per heavy atom. The molecule has 5 nitrogen and oxygen atoms in total. The lowest BCUT2D eigenvalue weighted by molar-refractivity contribution is 0.483. The Kier molecular flexibility index (Phi) is 6.23. The van der Waals surface area contributed by atoms with Gasteiger partial charge in [0.2, 0.25) is 0 Å². The molecule has 6 aromatic rings. The molecule has 0 N–H and O–H groups in total. The van der Waals surface area contributed by atoms with Gasteiger partial charge >= 0.3 is 0 Å². The molecule has 4 aromatic carbocycles. The Balaban J connectivity index is 1.21. The minimum absolute atomic E-state index is 0.0252. The van der Waals surface area contributed by atoms with Crippen LogP contribution in [0.25, 0.3) is 27.6 Å². The number of rotatable bonds is 5. The molecule has 0 bridgehead atoms. The summed E-state index contributed by atoms with van der Waals surface area (Å²) >= 11 is 0. The SMILES string of the molecule is Cc1ccc(N2C=CN(c3cccc(Oc4ccc5c6ccccc6n(-c6cc(C(C)(C)C)ccn6)c5c4)c3)C2)cc1. The molecular formula is C37H34N4O. The molecule has 1 aliphatic heterocycles. The Morgan fingerprint density at radius 3 is 2.21 bits per heavy atom. The second kappa shape index (κ2) is 10.1. The van der Waals surface area contributed by atoms with Crippen molar-refractivity contribution < 1.29 is 4.74 Å². The highest BCUT2D eigenvalue weighted by molar-refractivity contribution is 6.09. The van der Waals surface area contributed by atoms with Crippen LogP contribution in [0.1, 0.15) is 31.9 Å². The van der Waals surface area contributed by atoms with Crippen molar-refractivity contribution in [2.45, 2.75) is 33.1 Å². The van der Waals surface area contributed by atoms with E-state index >= 15 is 0 Å². The maximum absolute atomic E-state index is 6.48. The fourth-order valence-corrected chi connectivity index (χ4v) is 5.62. The third kappa shape index (κ3) is 4.77. The number of benzene rings is 4. The van der Waals surface area contributed by atoms with Crippen LogP contribution in [0, 0.1) is 6.92 Å². The molecule has 1 aliphatic rings. The minimum Gasteiger partial charge on any atom is -0.457 e. The molecule has 0 atom stereocenters. The molecule has 5 heteroatoms. The van der Waals surface area contributed by atoms with Crippen molar-refractivity contribution in [3.8, 4) is 17.3 Å². The van der Waals surface area contributed by atoms with Gasteiger partial charge in [0.1, 0.15) is 17.3 Å². The molecule has 0 amide bonds. The van der Waals surface area contributed by atoms with Crippen molar-refractivity contribution in [2.75, 3.05) is 16.5 Å². The number of fused-ring (bicyclic) bond motifs is 3. The van der Waals surface area contributed by atoms with Gasteiger partial charge < -0.3 is 14.5 Å². The van der Waals surface area contributed by atoms with Crippen molar-refractivity contribution in [3.63, 3.8) is 0 Å². The van der Waals surface area contributed by atoms with Gasteiger partial charge in [-0.05, 0) is 72.5 Å². The van der Waals surface area contributed by atoms with Crippen molar-refractivity contribution in [1.29, 1.82) is 0 Å². The summed E-state index contributed by atoms with van der Waals surface area (Å²) in [5.74, 6) is 2.49. The Labute approximate surface area is 246 Å². The van der Waals surface area contributed by atoms with Crippen LogP contribution in [0.15, 0.2) is 122 Å². The topological polar surface area (TPSA) is 33.5 Å². The van der Waals surface area contributed by atoms with Gasteiger partial charge in [-0.1, -0.05) is 62.7 Å². The Bertz CT molecular complexity index is 1950. The predicted molar refractivity (Wildman–Crippen MR) is 174 cm³/mol. The highest BCUT2D eigenvalue weighted by atomic mass is 16.5. The van der Waals surface area contributed by atoms with Gasteiger partial charge in [0.05, 0.1) is 17.7 Å². The molecule has 0 radical (unpaired) electrons. The normalized spacial score (nSPS) is 13.4. The monoisotopic (exact) mass is 550 g/mol. The van der Waals surface area contributed by atoms with Gasteiger partial charge in [-0.3, -0.25) is 4.57 Å². The fraction of sp³-hybridized carbons (Fsp3) is 0.162. The van der Waals surface area contributed by atoms with Crippen LogP contribution in [0.4, 0.5) is 11.4 Å². The van der Waals surface area contributed by atoms with E-state index in [1.807, 2.05) is 18.3 Å². The maximum Gasteiger partial charge on any atom is 0.137 e. The number of hydrogen-bond acceptors (Lipinski definition) is 4. The van der Waals surface area contributed by atoms with E-state index in [0.717, 1.165) is 40.7 Å². The molecule has 2 aromatic heterocycles. The highest BCUT2D eigenvalue weighted by Gasteiger charge is 2.19. The van der Waals surface area contributed by atoms with Crippen LogP contribution in [0.3, 0.4) is 0 Å². The van der Waals surface area contributed by atoms with E-state index in [4.69, 9.17) is 9.72 Å². The van der Waals surface area contributed by atoms with E-state index in [-0.39, 0.29) is 5.41 Å². The van der Waals surface area contributed by atoms with E-state index in [0.29, 0.717) is 0 Å². The van der Waals surface area contributed by atoms with Crippen LogP contribution < -0.4 is 14.5 Å². The van der Waals surface area contributed by atoms with Crippen LogP contribution in [0.5, 0.6) is 11.5 Å². The second-order valence-electron chi connectivity index (χ2n) is 12.0. The average molecular weight is 551 g/mol. The van der Waals surface area contributed by atoms with Crippen molar-refractivity contribution >= 4 is 33.2 Å². The molecule has 7 rings (SSSR count). The summed E-state index contributed by atoms with van der Waals surface area (Å²) in [6.45, 7) is 9.56. The number of hydrogen-bond donors (Lipinski definition) is 0. The molecule has 208 valence electrons. The zero-order valence-electron chi connectivity index (χ0n) is 24.5. The number of ether oxygens (including phenoxy) is 1. The summed E-state index contributed by atoms with van der Waals surface area (Å²) in [6.07, 6.45) is 6.14. The molecule has 0 saturated heterocycles. The summed E-state index contributed by atoms with van der Waals surface area (Å²) in [5.41, 5.74) is 6.99. The zero-order chi connectivity index (χ0) is 28.8. The van der Waals surface area contributed by atoms with Gasteiger partial charge in [0, 0.05) is 52.9 Å². The minimum atomic E-state index is 0.0252. The van der Waals surface area contributed by atoms with Gasteiger partial charge in [0.25, 0.3) is 0 Å². The second-order valence-corrected chi connectivity index (χ2v) is 12.0.